The number of benzene rings is 1. The van der Waals surface area contributed by atoms with Gasteiger partial charge in [-0.1, -0.05) is 0 Å². The van der Waals surface area contributed by atoms with Gasteiger partial charge in [-0.3, -0.25) is 0 Å². The van der Waals surface area contributed by atoms with E-state index in [-0.39, 0.29) is 11.7 Å². The molecule has 0 aromatic heterocycles. The summed E-state index contributed by atoms with van der Waals surface area (Å²) in [6.45, 7) is 0. The minimum Gasteiger partial charge on any atom is -0.508 e. The minimum absolute atomic E-state index is 0.101. The molecule has 14 heavy (non-hydrogen) atoms. The molecule has 0 heterocycles. The molecule has 0 aliphatic carbocycles. The fourth-order valence-electron chi connectivity index (χ4n) is 0.788. The first-order valence-corrected chi connectivity index (χ1v) is 4.78. The molecule has 6 heteroatoms. The summed E-state index contributed by atoms with van der Waals surface area (Å²) in [7, 11) is 0. The van der Waals surface area contributed by atoms with Crippen LogP contribution in [-0.4, -0.2) is 17.3 Å². The van der Waals surface area contributed by atoms with Gasteiger partial charge in [0, 0.05) is 9.13 Å². The Kier molecular flexibility index (Phi) is 3.69. The van der Waals surface area contributed by atoms with E-state index in [1.165, 1.54) is 6.21 Å². The average molecular weight is 304 g/mol. The number of halogens is 1. The van der Waals surface area contributed by atoms with Gasteiger partial charge in [-0.25, -0.2) is 0 Å². The van der Waals surface area contributed by atoms with E-state index in [0.29, 0.717) is 0 Å². The van der Waals surface area contributed by atoms with Crippen molar-refractivity contribution in [2.24, 2.45) is 21.7 Å². The largest absolute Gasteiger partial charge is 0.508 e. The third kappa shape index (κ3) is 3.21. The zero-order valence-electron chi connectivity index (χ0n) is 7.18. The molecule has 0 spiro atoms. The summed E-state index contributed by atoms with van der Waals surface area (Å²) >= 11 is 2.12. The van der Waals surface area contributed by atoms with E-state index < -0.39 is 0 Å². The summed E-state index contributed by atoms with van der Waals surface area (Å²) in [5.74, 6) is 0.0768. The van der Waals surface area contributed by atoms with Crippen molar-refractivity contribution in [3.8, 4) is 5.75 Å². The van der Waals surface area contributed by atoms with Crippen molar-refractivity contribution in [1.29, 1.82) is 0 Å². The average Bonchev–Trinajstić information content (AvgIpc) is 2.10. The van der Waals surface area contributed by atoms with E-state index in [4.69, 9.17) is 11.5 Å². The van der Waals surface area contributed by atoms with Crippen LogP contribution in [0.3, 0.4) is 0 Å². The molecule has 1 rings (SSSR count). The number of rotatable bonds is 2. The predicted molar refractivity (Wildman–Crippen MR) is 64.2 cm³/mol. The Hall–Kier alpha value is -1.31. The fourth-order valence-corrected chi connectivity index (χ4v) is 1.26. The van der Waals surface area contributed by atoms with Gasteiger partial charge in [0.15, 0.2) is 0 Å². The number of hydrogen-bond donors (Lipinski definition) is 3. The summed E-state index contributed by atoms with van der Waals surface area (Å²) < 4.78 is 0.954. The molecule has 74 valence electrons. The van der Waals surface area contributed by atoms with Crippen LogP contribution in [0.4, 0.5) is 0 Å². The van der Waals surface area contributed by atoms with Crippen molar-refractivity contribution in [1.82, 2.24) is 0 Å². The van der Waals surface area contributed by atoms with Crippen molar-refractivity contribution in [2.75, 3.05) is 0 Å². The number of phenolic OH excluding ortho intramolecular Hbond substituents is 1. The van der Waals surface area contributed by atoms with Crippen LogP contribution in [-0.2, 0) is 0 Å². The smallest absolute Gasteiger partial charge is 0.211 e. The van der Waals surface area contributed by atoms with Crippen LogP contribution in [0.2, 0.25) is 0 Å². The molecule has 0 radical (unpaired) electrons. The lowest BCUT2D eigenvalue weighted by atomic mass is 10.2. The summed E-state index contributed by atoms with van der Waals surface area (Å²) in [4.78, 5) is 0. The molecular formula is C8H9IN4O. The number of aromatic hydroxyl groups is 1. The van der Waals surface area contributed by atoms with E-state index in [0.717, 1.165) is 9.13 Å². The van der Waals surface area contributed by atoms with Crippen molar-refractivity contribution in [3.63, 3.8) is 0 Å². The first-order chi connectivity index (χ1) is 6.59. The number of nitrogens with two attached hydrogens (primary N) is 2. The predicted octanol–water partition coefficient (Wildman–Crippen LogP) is 0.604. The Bertz CT molecular complexity index is 385. The molecular weight excluding hydrogens is 295 g/mol. The van der Waals surface area contributed by atoms with Crippen LogP contribution in [0, 0.1) is 3.57 Å². The molecule has 1 aromatic rings. The number of phenols is 1. The first kappa shape index (κ1) is 10.8. The van der Waals surface area contributed by atoms with Crippen molar-refractivity contribution < 1.29 is 5.11 Å². The second-order valence-electron chi connectivity index (χ2n) is 2.48. The topological polar surface area (TPSA) is 97.0 Å². The van der Waals surface area contributed by atoms with Crippen molar-refractivity contribution in [3.05, 3.63) is 27.3 Å². The highest BCUT2D eigenvalue weighted by Gasteiger charge is 1.97. The summed E-state index contributed by atoms with van der Waals surface area (Å²) in [6.07, 6.45) is 1.47. The van der Waals surface area contributed by atoms with Crippen LogP contribution in [0.5, 0.6) is 5.75 Å². The lowest BCUT2D eigenvalue weighted by molar-refractivity contribution is 0.475. The molecule has 1 aromatic carbocycles. The lowest BCUT2D eigenvalue weighted by Crippen LogP contribution is -2.21. The fraction of sp³-hybridized carbons (Fsp3) is 0. The number of hydrogen-bond acceptors (Lipinski definition) is 3. The standard InChI is InChI=1S/C8H9IN4O/c9-7-2-1-6(14)3-5(7)4-12-13-8(10)11/h1-4,14H,(H4,10,11,13). The third-order valence-electron chi connectivity index (χ3n) is 1.35. The van der Waals surface area contributed by atoms with Gasteiger partial charge in [-0.2, -0.15) is 5.10 Å². The van der Waals surface area contributed by atoms with Gasteiger partial charge >= 0.3 is 0 Å². The normalized spacial score (nSPS) is 10.4. The molecule has 5 nitrogen and oxygen atoms in total. The zero-order valence-corrected chi connectivity index (χ0v) is 9.34. The number of nitrogens with zero attached hydrogens (tertiary/aromatic N) is 2. The van der Waals surface area contributed by atoms with E-state index in [1.54, 1.807) is 18.2 Å². The highest BCUT2D eigenvalue weighted by molar-refractivity contribution is 14.1. The van der Waals surface area contributed by atoms with Crippen LogP contribution in [0.1, 0.15) is 5.56 Å². The molecule has 0 saturated heterocycles. The Morgan fingerprint density at radius 1 is 1.43 bits per heavy atom. The van der Waals surface area contributed by atoms with E-state index >= 15 is 0 Å². The van der Waals surface area contributed by atoms with Gasteiger partial charge in [-0.15, -0.1) is 5.10 Å². The second kappa shape index (κ2) is 4.80. The molecule has 5 N–H and O–H groups in total. The number of guanidine groups is 1. The van der Waals surface area contributed by atoms with Crippen LogP contribution >= 0.6 is 22.6 Å². The van der Waals surface area contributed by atoms with Gasteiger partial charge in [0.25, 0.3) is 0 Å². The van der Waals surface area contributed by atoms with Crippen molar-refractivity contribution >= 4 is 34.8 Å². The SMILES string of the molecule is NC(N)=NN=Cc1cc(O)ccc1I. The third-order valence-corrected chi connectivity index (χ3v) is 2.33. The van der Waals surface area contributed by atoms with Crippen molar-refractivity contribution in [2.45, 2.75) is 0 Å². The maximum absolute atomic E-state index is 9.20. The summed E-state index contributed by atoms with van der Waals surface area (Å²) in [6, 6.07) is 4.94. The molecule has 0 unspecified atom stereocenters. The lowest BCUT2D eigenvalue weighted by Gasteiger charge is -1.97. The Balaban J connectivity index is 2.91. The van der Waals surface area contributed by atoms with Gasteiger partial charge in [-0.05, 0) is 40.8 Å². The highest BCUT2D eigenvalue weighted by Crippen LogP contribution is 2.16. The monoisotopic (exact) mass is 304 g/mol. The molecule has 0 aliphatic heterocycles. The molecule has 0 atom stereocenters. The van der Waals surface area contributed by atoms with E-state index in [2.05, 4.69) is 32.8 Å². The minimum atomic E-state index is -0.101. The Morgan fingerprint density at radius 2 is 2.14 bits per heavy atom. The quantitative estimate of drug-likeness (QED) is 0.323. The van der Waals surface area contributed by atoms with Gasteiger partial charge in [0.05, 0.1) is 6.21 Å². The first-order valence-electron chi connectivity index (χ1n) is 3.70. The molecule has 0 saturated carbocycles. The molecule has 0 amide bonds. The van der Waals surface area contributed by atoms with Gasteiger partial charge in [0.1, 0.15) is 5.75 Å². The molecule has 0 bridgehead atoms. The van der Waals surface area contributed by atoms with E-state index in [1.807, 2.05) is 0 Å². The second-order valence-corrected chi connectivity index (χ2v) is 3.64. The maximum Gasteiger partial charge on any atom is 0.211 e. The maximum atomic E-state index is 9.20. The van der Waals surface area contributed by atoms with Crippen LogP contribution < -0.4 is 11.5 Å². The highest BCUT2D eigenvalue weighted by atomic mass is 127. The Morgan fingerprint density at radius 3 is 2.79 bits per heavy atom. The van der Waals surface area contributed by atoms with Gasteiger partial charge in [0.2, 0.25) is 5.96 Å². The summed E-state index contributed by atoms with van der Waals surface area (Å²) in [5.41, 5.74) is 10.9. The van der Waals surface area contributed by atoms with E-state index in [9.17, 15) is 5.11 Å². The zero-order chi connectivity index (χ0) is 10.6. The van der Waals surface area contributed by atoms with Crippen LogP contribution in [0.15, 0.2) is 28.4 Å². The molecule has 0 aliphatic rings. The molecule has 0 fully saturated rings. The van der Waals surface area contributed by atoms with Gasteiger partial charge < -0.3 is 16.6 Å². The Labute approximate surface area is 94.7 Å². The summed E-state index contributed by atoms with van der Waals surface area (Å²) in [5, 5.41) is 16.3. The van der Waals surface area contributed by atoms with Crippen LogP contribution in [0.25, 0.3) is 0 Å².